The number of piperidine rings is 1. The molecule has 1 atom stereocenters. The van der Waals surface area contributed by atoms with E-state index < -0.39 is 0 Å². The summed E-state index contributed by atoms with van der Waals surface area (Å²) in [7, 11) is 0. The van der Waals surface area contributed by atoms with E-state index in [9.17, 15) is 9.59 Å². The van der Waals surface area contributed by atoms with Crippen molar-refractivity contribution in [3.05, 3.63) is 18.2 Å². The van der Waals surface area contributed by atoms with E-state index in [1.807, 2.05) is 13.0 Å². The summed E-state index contributed by atoms with van der Waals surface area (Å²) in [5, 5.41) is 8.07. The van der Waals surface area contributed by atoms with E-state index >= 15 is 0 Å². The molecule has 1 amide bonds. The quantitative estimate of drug-likeness (QED) is 0.502. The molecule has 0 radical (unpaired) electrons. The molecule has 30 heavy (non-hydrogen) atoms. The second-order valence-electron chi connectivity index (χ2n) is 7.05. The number of hydrogen-bond donors (Lipinski definition) is 0. The van der Waals surface area contributed by atoms with Crippen molar-refractivity contribution in [1.29, 1.82) is 0 Å². The molecule has 160 valence electrons. The van der Waals surface area contributed by atoms with E-state index in [1.54, 1.807) is 24.0 Å². The number of thioether (sulfide) groups is 1. The summed E-state index contributed by atoms with van der Waals surface area (Å²) in [6, 6.07) is 5.39. The van der Waals surface area contributed by atoms with Gasteiger partial charge in [0.1, 0.15) is 0 Å². The van der Waals surface area contributed by atoms with Crippen LogP contribution in [0.15, 0.2) is 27.8 Å². The van der Waals surface area contributed by atoms with Gasteiger partial charge in [0.15, 0.2) is 11.5 Å². The third-order valence-corrected chi connectivity index (χ3v) is 6.00. The van der Waals surface area contributed by atoms with Crippen molar-refractivity contribution in [2.75, 3.05) is 26.5 Å². The van der Waals surface area contributed by atoms with Crippen LogP contribution in [-0.4, -0.2) is 58.7 Å². The smallest absolute Gasteiger partial charge is 0.309 e. The summed E-state index contributed by atoms with van der Waals surface area (Å²) in [5.74, 6) is 1.36. The van der Waals surface area contributed by atoms with Gasteiger partial charge in [0.2, 0.25) is 18.6 Å². The van der Waals surface area contributed by atoms with E-state index in [-0.39, 0.29) is 29.8 Å². The molecule has 2 aromatic rings. The van der Waals surface area contributed by atoms with Gasteiger partial charge >= 0.3 is 5.97 Å². The van der Waals surface area contributed by atoms with Crippen LogP contribution in [-0.2, 0) is 14.3 Å². The molecule has 1 aromatic carbocycles. The monoisotopic (exact) mass is 433 g/mol. The van der Waals surface area contributed by atoms with Gasteiger partial charge in [-0.3, -0.25) is 9.59 Å². The summed E-state index contributed by atoms with van der Waals surface area (Å²) in [4.78, 5) is 26.4. The Morgan fingerprint density at radius 2 is 2.00 bits per heavy atom. The lowest BCUT2D eigenvalue weighted by atomic mass is 9.97. The van der Waals surface area contributed by atoms with Crippen molar-refractivity contribution in [1.82, 2.24) is 15.1 Å². The van der Waals surface area contributed by atoms with Gasteiger partial charge in [-0.2, -0.15) is 0 Å². The van der Waals surface area contributed by atoms with E-state index in [0.29, 0.717) is 55.2 Å². The zero-order chi connectivity index (χ0) is 21.1. The molecule has 0 aliphatic carbocycles. The average molecular weight is 433 g/mol. The Bertz CT molecular complexity index is 925. The third kappa shape index (κ3) is 4.38. The zero-order valence-corrected chi connectivity index (χ0v) is 17.6. The Morgan fingerprint density at radius 3 is 2.77 bits per heavy atom. The highest BCUT2D eigenvalue weighted by atomic mass is 32.2. The van der Waals surface area contributed by atoms with E-state index in [0.717, 1.165) is 5.56 Å². The van der Waals surface area contributed by atoms with Gasteiger partial charge in [-0.15, -0.1) is 10.2 Å². The van der Waals surface area contributed by atoms with Crippen molar-refractivity contribution in [3.8, 4) is 23.0 Å². The lowest BCUT2D eigenvalue weighted by Crippen LogP contribution is -2.43. The zero-order valence-electron chi connectivity index (χ0n) is 16.8. The number of amides is 1. The number of aromatic nitrogens is 2. The normalized spacial score (nSPS) is 17.1. The highest BCUT2D eigenvalue weighted by molar-refractivity contribution is 8.00. The number of carbonyl (C=O) groups is 2. The highest BCUT2D eigenvalue weighted by Gasteiger charge is 2.31. The Hall–Kier alpha value is -2.75. The van der Waals surface area contributed by atoms with Crippen molar-refractivity contribution >= 4 is 23.6 Å². The Labute approximate surface area is 178 Å². The van der Waals surface area contributed by atoms with Crippen molar-refractivity contribution < 1.29 is 28.2 Å². The number of fused-ring (bicyclic) bond motifs is 1. The number of carbonyl (C=O) groups excluding carboxylic acids is 2. The van der Waals surface area contributed by atoms with Crippen molar-refractivity contribution in [2.24, 2.45) is 5.92 Å². The summed E-state index contributed by atoms with van der Waals surface area (Å²) in [5.41, 5.74) is 0.721. The molecule has 1 fully saturated rings. The first-order chi connectivity index (χ1) is 14.5. The molecule has 0 spiro atoms. The summed E-state index contributed by atoms with van der Waals surface area (Å²) in [6.45, 7) is 5.27. The van der Waals surface area contributed by atoms with Crippen LogP contribution < -0.4 is 9.47 Å². The lowest BCUT2D eigenvalue weighted by Gasteiger charge is -2.32. The Morgan fingerprint density at radius 1 is 1.23 bits per heavy atom. The number of rotatable bonds is 6. The molecule has 2 aliphatic heterocycles. The van der Waals surface area contributed by atoms with Gasteiger partial charge in [0.05, 0.1) is 17.8 Å². The second kappa shape index (κ2) is 8.95. The van der Waals surface area contributed by atoms with Crippen molar-refractivity contribution in [2.45, 2.75) is 37.2 Å². The molecule has 10 heteroatoms. The van der Waals surface area contributed by atoms with Crippen LogP contribution in [0.4, 0.5) is 0 Å². The van der Waals surface area contributed by atoms with Gasteiger partial charge in [-0.05, 0) is 44.9 Å². The van der Waals surface area contributed by atoms with Crippen LogP contribution in [0, 0.1) is 5.92 Å². The van der Waals surface area contributed by atoms with E-state index in [1.165, 1.54) is 11.8 Å². The summed E-state index contributed by atoms with van der Waals surface area (Å²) >= 11 is 1.22. The van der Waals surface area contributed by atoms with Crippen LogP contribution in [0.25, 0.3) is 11.5 Å². The van der Waals surface area contributed by atoms with Gasteiger partial charge in [-0.1, -0.05) is 11.8 Å². The van der Waals surface area contributed by atoms with Crippen LogP contribution in [0.5, 0.6) is 11.5 Å². The predicted molar refractivity (Wildman–Crippen MR) is 107 cm³/mol. The number of benzene rings is 1. The SMILES string of the molecule is CCOC(=O)C1CCN(C(=O)C(C)Sc2nnc(-c3ccc4c(c3)OCO4)o2)CC1. The van der Waals surface area contributed by atoms with Gasteiger partial charge in [0, 0.05) is 18.7 Å². The van der Waals surface area contributed by atoms with E-state index in [4.69, 9.17) is 18.6 Å². The number of ether oxygens (including phenoxy) is 3. The lowest BCUT2D eigenvalue weighted by molar-refractivity contribution is -0.151. The summed E-state index contributed by atoms with van der Waals surface area (Å²) < 4.78 is 21.5. The third-order valence-electron chi connectivity index (χ3n) is 5.08. The number of likely N-dealkylation sites (tertiary alicyclic amines) is 1. The predicted octanol–water partition coefficient (Wildman–Crippen LogP) is 2.75. The molecular formula is C20H23N3O6S. The van der Waals surface area contributed by atoms with Crippen LogP contribution in [0.2, 0.25) is 0 Å². The maximum Gasteiger partial charge on any atom is 0.309 e. The molecule has 1 aromatic heterocycles. The molecule has 0 saturated carbocycles. The molecule has 1 saturated heterocycles. The fourth-order valence-corrected chi connectivity index (χ4v) is 4.23. The first kappa shape index (κ1) is 20.5. The molecule has 2 aliphatic rings. The minimum Gasteiger partial charge on any atom is -0.466 e. The maximum absolute atomic E-state index is 12.8. The largest absolute Gasteiger partial charge is 0.466 e. The minimum atomic E-state index is -0.380. The van der Waals surface area contributed by atoms with Crippen molar-refractivity contribution in [3.63, 3.8) is 0 Å². The topological polar surface area (TPSA) is 104 Å². The first-order valence-electron chi connectivity index (χ1n) is 9.90. The second-order valence-corrected chi connectivity index (χ2v) is 8.34. The molecule has 4 rings (SSSR count). The first-order valence-corrected chi connectivity index (χ1v) is 10.8. The van der Waals surface area contributed by atoms with Gasteiger partial charge in [0.25, 0.3) is 5.22 Å². The average Bonchev–Trinajstić information content (AvgIpc) is 3.42. The van der Waals surface area contributed by atoms with E-state index in [2.05, 4.69) is 10.2 Å². The number of esters is 1. The number of nitrogens with zero attached hydrogens (tertiary/aromatic N) is 3. The number of hydrogen-bond acceptors (Lipinski definition) is 9. The molecule has 9 nitrogen and oxygen atoms in total. The molecule has 3 heterocycles. The fourth-order valence-electron chi connectivity index (χ4n) is 3.46. The molecule has 0 N–H and O–H groups in total. The molecule has 0 bridgehead atoms. The van der Waals surface area contributed by atoms with Gasteiger partial charge in [-0.25, -0.2) is 0 Å². The molecule has 1 unspecified atom stereocenters. The standard InChI is InChI=1S/C20H23N3O6S/c1-3-26-19(25)13-6-8-23(9-7-13)18(24)12(2)30-20-22-21-17(29-20)14-4-5-15-16(10-14)28-11-27-15/h4-5,10,12-13H,3,6-9,11H2,1-2H3. The Balaban J connectivity index is 1.33. The van der Waals surface area contributed by atoms with Crippen LogP contribution >= 0.6 is 11.8 Å². The highest BCUT2D eigenvalue weighted by Crippen LogP contribution is 2.36. The maximum atomic E-state index is 12.8. The minimum absolute atomic E-state index is 0.00913. The fraction of sp³-hybridized carbons (Fsp3) is 0.500. The molecular weight excluding hydrogens is 410 g/mol. The van der Waals surface area contributed by atoms with Crippen LogP contribution in [0.3, 0.4) is 0 Å². The Kier molecular flexibility index (Phi) is 6.12. The summed E-state index contributed by atoms with van der Waals surface area (Å²) in [6.07, 6.45) is 1.24. The van der Waals surface area contributed by atoms with Crippen LogP contribution in [0.1, 0.15) is 26.7 Å². The van der Waals surface area contributed by atoms with Gasteiger partial charge < -0.3 is 23.5 Å².